The van der Waals surface area contributed by atoms with Gasteiger partial charge in [0.05, 0.1) is 24.2 Å². The van der Waals surface area contributed by atoms with Gasteiger partial charge in [0.1, 0.15) is 0 Å². The Balaban J connectivity index is 1.78. The SMILES string of the molecule is CCCCCCCCOc1ccc(-c2cnc(CCCCCCC)cn2)cc1F. The fraction of sp³-hybridized carbons (Fsp3) is 0.600. The van der Waals surface area contributed by atoms with Crippen LogP contribution in [0.25, 0.3) is 11.3 Å². The molecule has 0 amide bonds. The van der Waals surface area contributed by atoms with Gasteiger partial charge >= 0.3 is 0 Å². The van der Waals surface area contributed by atoms with Crippen molar-refractivity contribution in [3.8, 4) is 17.0 Å². The first-order valence-electron chi connectivity index (χ1n) is 11.5. The highest BCUT2D eigenvalue weighted by Crippen LogP contribution is 2.24. The summed E-state index contributed by atoms with van der Waals surface area (Å²) >= 11 is 0. The normalized spacial score (nSPS) is 11.0. The zero-order valence-corrected chi connectivity index (χ0v) is 18.3. The highest BCUT2D eigenvalue weighted by atomic mass is 19.1. The molecule has 0 unspecified atom stereocenters. The second kappa shape index (κ2) is 14.1. The van der Waals surface area contributed by atoms with Crippen LogP contribution in [0.3, 0.4) is 0 Å². The standard InChI is InChI=1S/C25H37FN2O/c1-3-5-7-9-11-13-17-29-25-16-15-21(18-23(25)26)24-20-27-22(19-28-24)14-12-10-8-6-4-2/h15-16,18-20H,3-14,17H2,1-2H3. The lowest BCUT2D eigenvalue weighted by molar-refractivity contribution is 0.290. The van der Waals surface area contributed by atoms with E-state index in [0.29, 0.717) is 18.1 Å². The number of aryl methyl sites for hydroxylation is 1. The van der Waals surface area contributed by atoms with Crippen molar-refractivity contribution in [1.82, 2.24) is 9.97 Å². The highest BCUT2D eigenvalue weighted by Gasteiger charge is 2.08. The van der Waals surface area contributed by atoms with Crippen molar-refractivity contribution in [2.24, 2.45) is 0 Å². The van der Waals surface area contributed by atoms with Crippen molar-refractivity contribution in [2.75, 3.05) is 6.61 Å². The molecule has 1 aromatic heterocycles. The second-order valence-corrected chi connectivity index (χ2v) is 7.82. The summed E-state index contributed by atoms with van der Waals surface area (Å²) < 4.78 is 20.0. The number of nitrogens with zero attached hydrogens (tertiary/aromatic N) is 2. The van der Waals surface area contributed by atoms with Gasteiger partial charge in [-0.2, -0.15) is 0 Å². The largest absolute Gasteiger partial charge is 0.491 e. The van der Waals surface area contributed by atoms with Crippen molar-refractivity contribution in [3.05, 3.63) is 42.1 Å². The number of aromatic nitrogens is 2. The van der Waals surface area contributed by atoms with E-state index in [1.54, 1.807) is 12.3 Å². The molecule has 0 N–H and O–H groups in total. The lowest BCUT2D eigenvalue weighted by atomic mass is 10.1. The van der Waals surface area contributed by atoms with E-state index in [1.165, 1.54) is 57.4 Å². The van der Waals surface area contributed by atoms with Crippen molar-refractivity contribution in [3.63, 3.8) is 0 Å². The van der Waals surface area contributed by atoms with Gasteiger partial charge in [0.25, 0.3) is 0 Å². The minimum absolute atomic E-state index is 0.318. The number of rotatable bonds is 15. The highest BCUT2D eigenvalue weighted by molar-refractivity contribution is 5.59. The van der Waals surface area contributed by atoms with E-state index < -0.39 is 0 Å². The summed E-state index contributed by atoms with van der Waals surface area (Å²) in [5, 5.41) is 0. The molecule has 1 heterocycles. The molecule has 0 saturated heterocycles. The van der Waals surface area contributed by atoms with Crippen molar-refractivity contribution in [1.29, 1.82) is 0 Å². The van der Waals surface area contributed by atoms with Crippen LogP contribution in [0.2, 0.25) is 0 Å². The first-order valence-corrected chi connectivity index (χ1v) is 11.5. The second-order valence-electron chi connectivity index (χ2n) is 7.82. The van der Waals surface area contributed by atoms with E-state index >= 15 is 0 Å². The number of hydrogen-bond donors (Lipinski definition) is 0. The van der Waals surface area contributed by atoms with Gasteiger partial charge in [-0.3, -0.25) is 9.97 Å². The van der Waals surface area contributed by atoms with Crippen LogP contribution >= 0.6 is 0 Å². The number of ether oxygens (including phenoxy) is 1. The Kier molecular flexibility index (Phi) is 11.3. The molecule has 0 atom stereocenters. The first kappa shape index (κ1) is 23.3. The molecule has 0 fully saturated rings. The van der Waals surface area contributed by atoms with Gasteiger partial charge in [0.2, 0.25) is 0 Å². The van der Waals surface area contributed by atoms with Gasteiger partial charge in [-0.25, -0.2) is 4.39 Å². The average Bonchev–Trinajstić information content (AvgIpc) is 2.74. The third kappa shape index (κ3) is 8.93. The van der Waals surface area contributed by atoms with Gasteiger partial charge in [0, 0.05) is 11.8 Å². The number of halogens is 1. The summed E-state index contributed by atoms with van der Waals surface area (Å²) in [6, 6.07) is 5.05. The molecule has 1 aromatic carbocycles. The molecule has 0 aliphatic carbocycles. The molecule has 29 heavy (non-hydrogen) atoms. The molecule has 2 rings (SSSR count). The van der Waals surface area contributed by atoms with E-state index in [1.807, 2.05) is 12.3 Å². The summed E-state index contributed by atoms with van der Waals surface area (Å²) in [4.78, 5) is 8.98. The zero-order chi connectivity index (χ0) is 20.7. The van der Waals surface area contributed by atoms with Gasteiger partial charge in [-0.05, 0) is 37.5 Å². The van der Waals surface area contributed by atoms with Crippen LogP contribution in [0.5, 0.6) is 5.75 Å². The van der Waals surface area contributed by atoms with Crippen LogP contribution in [0, 0.1) is 5.82 Å². The van der Waals surface area contributed by atoms with Crippen LogP contribution in [0.15, 0.2) is 30.6 Å². The predicted octanol–water partition coefficient (Wildman–Crippen LogP) is 7.53. The maximum atomic E-state index is 14.4. The van der Waals surface area contributed by atoms with Gasteiger partial charge in [-0.1, -0.05) is 71.6 Å². The maximum Gasteiger partial charge on any atom is 0.165 e. The smallest absolute Gasteiger partial charge is 0.165 e. The Morgan fingerprint density at radius 2 is 1.48 bits per heavy atom. The molecular formula is C25H37FN2O. The molecule has 3 nitrogen and oxygen atoms in total. The third-order valence-electron chi connectivity index (χ3n) is 5.22. The minimum Gasteiger partial charge on any atom is -0.491 e. The summed E-state index contributed by atoms with van der Waals surface area (Å²) in [5.74, 6) is -0.0192. The van der Waals surface area contributed by atoms with Gasteiger partial charge in [0.15, 0.2) is 11.6 Å². The Morgan fingerprint density at radius 3 is 2.14 bits per heavy atom. The quantitative estimate of drug-likeness (QED) is 0.290. The molecule has 0 saturated carbocycles. The molecule has 160 valence electrons. The van der Waals surface area contributed by atoms with Crippen LogP contribution in [-0.4, -0.2) is 16.6 Å². The van der Waals surface area contributed by atoms with E-state index in [9.17, 15) is 4.39 Å². The molecule has 0 aliphatic rings. The Labute approximate surface area is 176 Å². The Hall–Kier alpha value is -1.97. The maximum absolute atomic E-state index is 14.4. The van der Waals surface area contributed by atoms with Gasteiger partial charge < -0.3 is 4.74 Å². The molecule has 0 spiro atoms. The fourth-order valence-electron chi connectivity index (χ4n) is 3.38. The number of hydrogen-bond acceptors (Lipinski definition) is 3. The lowest BCUT2D eigenvalue weighted by Gasteiger charge is -2.09. The van der Waals surface area contributed by atoms with Gasteiger partial charge in [-0.15, -0.1) is 0 Å². The summed E-state index contributed by atoms with van der Waals surface area (Å²) in [5.41, 5.74) is 2.43. The van der Waals surface area contributed by atoms with Crippen LogP contribution in [-0.2, 0) is 6.42 Å². The molecule has 2 aromatic rings. The third-order valence-corrected chi connectivity index (χ3v) is 5.22. The van der Waals surface area contributed by atoms with Crippen molar-refractivity contribution >= 4 is 0 Å². The van der Waals surface area contributed by atoms with Crippen LogP contribution in [0.1, 0.15) is 90.2 Å². The van der Waals surface area contributed by atoms with Crippen molar-refractivity contribution < 1.29 is 9.13 Å². The average molecular weight is 401 g/mol. The molecule has 0 aliphatic heterocycles. The lowest BCUT2D eigenvalue weighted by Crippen LogP contribution is -2.00. The molecule has 0 radical (unpaired) electrons. The monoisotopic (exact) mass is 400 g/mol. The summed E-state index contributed by atoms with van der Waals surface area (Å²) in [7, 11) is 0. The topological polar surface area (TPSA) is 35.0 Å². The zero-order valence-electron chi connectivity index (χ0n) is 18.3. The number of benzene rings is 1. The predicted molar refractivity (Wildman–Crippen MR) is 119 cm³/mol. The van der Waals surface area contributed by atoms with Crippen LogP contribution < -0.4 is 4.74 Å². The molecule has 4 heteroatoms. The molecular weight excluding hydrogens is 363 g/mol. The Bertz CT molecular complexity index is 688. The van der Waals surface area contributed by atoms with E-state index in [0.717, 1.165) is 36.9 Å². The van der Waals surface area contributed by atoms with E-state index in [-0.39, 0.29) is 5.82 Å². The van der Waals surface area contributed by atoms with E-state index in [4.69, 9.17) is 4.74 Å². The Morgan fingerprint density at radius 1 is 0.793 bits per heavy atom. The van der Waals surface area contributed by atoms with Crippen molar-refractivity contribution in [2.45, 2.75) is 90.9 Å². The minimum atomic E-state index is -0.338. The summed E-state index contributed by atoms with van der Waals surface area (Å²) in [6.45, 7) is 5.00. The first-order chi connectivity index (χ1) is 14.2. The fourth-order valence-corrected chi connectivity index (χ4v) is 3.38. The molecule has 0 bridgehead atoms. The van der Waals surface area contributed by atoms with Crippen LogP contribution in [0.4, 0.5) is 4.39 Å². The summed E-state index contributed by atoms with van der Waals surface area (Å²) in [6.07, 6.45) is 17.9. The van der Waals surface area contributed by atoms with E-state index in [2.05, 4.69) is 23.8 Å². The number of unbranched alkanes of at least 4 members (excludes halogenated alkanes) is 9.